The number of rotatable bonds is 7. The molecule has 2 unspecified atom stereocenters. The second-order valence-electron chi connectivity index (χ2n) is 6.41. The highest BCUT2D eigenvalue weighted by Crippen LogP contribution is 2.16. The number of β-amino-alcohol motifs (C(OH)–C–C–N with tert-alkyl or cyclic N) is 1. The Bertz CT molecular complexity index is 668. The van der Waals surface area contributed by atoms with Crippen LogP contribution in [0.1, 0.15) is 5.56 Å². The van der Waals surface area contributed by atoms with E-state index in [9.17, 15) is 5.11 Å². The molecule has 1 saturated heterocycles. The predicted molar refractivity (Wildman–Crippen MR) is 106 cm³/mol. The van der Waals surface area contributed by atoms with Crippen LogP contribution < -0.4 is 4.74 Å². The highest BCUT2D eigenvalue weighted by atomic mass is 79.9. The molecule has 0 radical (unpaired) electrons. The van der Waals surface area contributed by atoms with Crippen molar-refractivity contribution in [3.8, 4) is 5.75 Å². The lowest BCUT2D eigenvalue weighted by Crippen LogP contribution is -2.47. The Hall–Kier alpha value is -1.12. The van der Waals surface area contributed by atoms with Gasteiger partial charge in [-0.1, -0.05) is 15.9 Å². The molecule has 1 aliphatic heterocycles. The summed E-state index contributed by atoms with van der Waals surface area (Å²) in [5.41, 5.74) is 1.15. The summed E-state index contributed by atoms with van der Waals surface area (Å²) in [6.45, 7) is 5.90. The van der Waals surface area contributed by atoms with Crippen LogP contribution in [0.2, 0.25) is 0 Å². The van der Waals surface area contributed by atoms with E-state index in [0.29, 0.717) is 13.2 Å². The van der Waals surface area contributed by atoms with Gasteiger partial charge in [-0.3, -0.25) is 9.58 Å². The van der Waals surface area contributed by atoms with E-state index in [2.05, 4.69) is 25.9 Å². The van der Waals surface area contributed by atoms with Crippen LogP contribution in [0.5, 0.6) is 5.75 Å². The largest absolute Gasteiger partial charge is 0.491 e. The first kappa shape index (κ1) is 21.2. The van der Waals surface area contributed by atoms with Crippen molar-refractivity contribution in [3.63, 3.8) is 0 Å². The fraction of sp³-hybridized carbons (Fsp3) is 0.500. The van der Waals surface area contributed by atoms with Crippen molar-refractivity contribution < 1.29 is 14.6 Å². The lowest BCUT2D eigenvalue weighted by molar-refractivity contribution is -0.0517. The predicted octanol–water partition coefficient (Wildman–Crippen LogP) is 2.52. The molecule has 0 saturated carbocycles. The first-order chi connectivity index (χ1) is 12.1. The zero-order valence-corrected chi connectivity index (χ0v) is 17.2. The zero-order chi connectivity index (χ0) is 17.6. The standard InChI is InChI=1S/C18H24BrN3O3.ClH/c1-14-8-20-22(9-14)12-18-11-21(6-7-24-18)10-16(23)13-25-17-4-2-15(19)3-5-17;/h2-5,8-9,16,18,23H,6-7,10-13H2,1H3;1H. The van der Waals surface area contributed by atoms with Crippen molar-refractivity contribution >= 4 is 28.3 Å². The van der Waals surface area contributed by atoms with Gasteiger partial charge < -0.3 is 14.6 Å². The van der Waals surface area contributed by atoms with Crippen LogP contribution >= 0.6 is 28.3 Å². The van der Waals surface area contributed by atoms with Gasteiger partial charge in [0.25, 0.3) is 0 Å². The Morgan fingerprint density at radius 2 is 2.15 bits per heavy atom. The summed E-state index contributed by atoms with van der Waals surface area (Å²) in [6.07, 6.45) is 3.43. The summed E-state index contributed by atoms with van der Waals surface area (Å²) in [5.74, 6) is 0.760. The number of benzene rings is 1. The van der Waals surface area contributed by atoms with Crippen molar-refractivity contribution in [1.82, 2.24) is 14.7 Å². The van der Waals surface area contributed by atoms with Crippen molar-refractivity contribution in [2.45, 2.75) is 25.7 Å². The van der Waals surface area contributed by atoms with Crippen LogP contribution in [0.4, 0.5) is 0 Å². The molecule has 26 heavy (non-hydrogen) atoms. The third kappa shape index (κ3) is 6.55. The number of aliphatic hydroxyl groups is 1. The Labute approximate surface area is 168 Å². The molecule has 1 aromatic carbocycles. The molecule has 144 valence electrons. The fourth-order valence-corrected chi connectivity index (χ4v) is 3.17. The van der Waals surface area contributed by atoms with E-state index < -0.39 is 6.10 Å². The Morgan fingerprint density at radius 3 is 2.85 bits per heavy atom. The van der Waals surface area contributed by atoms with E-state index in [1.807, 2.05) is 48.3 Å². The van der Waals surface area contributed by atoms with Gasteiger partial charge in [0.15, 0.2) is 0 Å². The molecule has 1 fully saturated rings. The minimum atomic E-state index is -0.533. The minimum absolute atomic E-state index is 0. The van der Waals surface area contributed by atoms with Gasteiger partial charge in [-0.25, -0.2) is 0 Å². The Morgan fingerprint density at radius 1 is 1.38 bits per heavy atom. The van der Waals surface area contributed by atoms with Crippen molar-refractivity contribution in [2.24, 2.45) is 0 Å². The monoisotopic (exact) mass is 445 g/mol. The van der Waals surface area contributed by atoms with Gasteiger partial charge in [0.2, 0.25) is 0 Å². The van der Waals surface area contributed by atoms with Gasteiger partial charge in [0.05, 0.1) is 25.5 Å². The van der Waals surface area contributed by atoms with Crippen molar-refractivity contribution in [3.05, 3.63) is 46.7 Å². The van der Waals surface area contributed by atoms with Crippen molar-refractivity contribution in [1.29, 1.82) is 0 Å². The summed E-state index contributed by atoms with van der Waals surface area (Å²) in [5, 5.41) is 14.6. The number of nitrogens with zero attached hydrogens (tertiary/aromatic N) is 3. The summed E-state index contributed by atoms with van der Waals surface area (Å²) in [6, 6.07) is 7.61. The SMILES string of the molecule is Cc1cnn(CC2CN(CC(O)COc3ccc(Br)cc3)CCO2)c1.Cl. The van der Waals surface area contributed by atoms with E-state index >= 15 is 0 Å². The molecule has 1 aromatic heterocycles. The topological polar surface area (TPSA) is 59.8 Å². The number of hydrogen-bond donors (Lipinski definition) is 1. The summed E-state index contributed by atoms with van der Waals surface area (Å²) >= 11 is 3.39. The smallest absolute Gasteiger partial charge is 0.119 e. The minimum Gasteiger partial charge on any atom is -0.491 e. The van der Waals surface area contributed by atoms with E-state index in [1.54, 1.807) is 0 Å². The first-order valence-corrected chi connectivity index (χ1v) is 9.27. The molecule has 2 atom stereocenters. The van der Waals surface area contributed by atoms with Gasteiger partial charge in [0.1, 0.15) is 18.5 Å². The molecule has 1 N–H and O–H groups in total. The normalized spacial score (nSPS) is 19.0. The van der Waals surface area contributed by atoms with Crippen molar-refractivity contribution in [2.75, 3.05) is 32.8 Å². The molecule has 0 amide bonds. The third-order valence-corrected chi connectivity index (χ3v) is 4.63. The summed E-state index contributed by atoms with van der Waals surface area (Å²) in [7, 11) is 0. The maximum atomic E-state index is 10.3. The Balaban J connectivity index is 0.00000243. The number of aliphatic hydroxyl groups excluding tert-OH is 1. The van der Waals surface area contributed by atoms with Gasteiger partial charge >= 0.3 is 0 Å². The van der Waals surface area contributed by atoms with E-state index in [4.69, 9.17) is 9.47 Å². The van der Waals surface area contributed by atoms with Crippen LogP contribution in [-0.2, 0) is 11.3 Å². The number of ether oxygens (including phenoxy) is 2. The van der Waals surface area contributed by atoms with Crippen LogP contribution in [0.15, 0.2) is 41.1 Å². The fourth-order valence-electron chi connectivity index (χ4n) is 2.91. The Kier molecular flexibility index (Phi) is 8.37. The molecule has 3 rings (SSSR count). The number of aromatic nitrogens is 2. The first-order valence-electron chi connectivity index (χ1n) is 8.48. The summed E-state index contributed by atoms with van der Waals surface area (Å²) in [4.78, 5) is 2.22. The van der Waals surface area contributed by atoms with Gasteiger partial charge in [-0.05, 0) is 36.8 Å². The third-order valence-electron chi connectivity index (χ3n) is 4.10. The number of aryl methyl sites for hydroxylation is 1. The molecule has 2 aromatic rings. The number of halogens is 2. The number of hydrogen-bond acceptors (Lipinski definition) is 5. The van der Waals surface area contributed by atoms with E-state index in [1.165, 1.54) is 0 Å². The quantitative estimate of drug-likeness (QED) is 0.708. The molecule has 2 heterocycles. The molecule has 1 aliphatic rings. The second kappa shape index (κ2) is 10.3. The molecule has 0 bridgehead atoms. The molecular formula is C18H25BrClN3O3. The lowest BCUT2D eigenvalue weighted by Gasteiger charge is -2.34. The average molecular weight is 447 g/mol. The average Bonchev–Trinajstić information content (AvgIpc) is 2.99. The lowest BCUT2D eigenvalue weighted by atomic mass is 10.2. The van der Waals surface area contributed by atoms with Crippen LogP contribution in [0.25, 0.3) is 0 Å². The van der Waals surface area contributed by atoms with Gasteiger partial charge in [-0.15, -0.1) is 12.4 Å². The van der Waals surface area contributed by atoms with Crippen LogP contribution in [0.3, 0.4) is 0 Å². The highest BCUT2D eigenvalue weighted by molar-refractivity contribution is 9.10. The molecule has 0 spiro atoms. The van der Waals surface area contributed by atoms with Crippen LogP contribution in [0, 0.1) is 6.92 Å². The van der Waals surface area contributed by atoms with Gasteiger partial charge in [0, 0.05) is 30.3 Å². The maximum Gasteiger partial charge on any atom is 0.119 e. The van der Waals surface area contributed by atoms with Gasteiger partial charge in [-0.2, -0.15) is 5.10 Å². The zero-order valence-electron chi connectivity index (χ0n) is 14.8. The summed E-state index contributed by atoms with van der Waals surface area (Å²) < 4.78 is 14.4. The molecular weight excluding hydrogens is 422 g/mol. The maximum absolute atomic E-state index is 10.3. The molecule has 0 aliphatic carbocycles. The second-order valence-corrected chi connectivity index (χ2v) is 7.33. The highest BCUT2D eigenvalue weighted by Gasteiger charge is 2.23. The van der Waals surface area contributed by atoms with E-state index in [-0.39, 0.29) is 25.1 Å². The molecule has 6 nitrogen and oxygen atoms in total. The van der Waals surface area contributed by atoms with E-state index in [0.717, 1.165) is 35.4 Å². The number of morpholine rings is 1. The van der Waals surface area contributed by atoms with Crippen LogP contribution in [-0.4, -0.2) is 64.8 Å². The molecule has 8 heteroatoms.